The maximum Gasteiger partial charge on any atom is 0.223 e. The predicted molar refractivity (Wildman–Crippen MR) is 253 cm³/mol. The number of aromatic nitrogens is 2. The van der Waals surface area contributed by atoms with E-state index in [-0.39, 0.29) is 35.4 Å². The van der Waals surface area contributed by atoms with E-state index < -0.39 is 0 Å². The van der Waals surface area contributed by atoms with Crippen LogP contribution < -0.4 is 21.3 Å². The number of pyridine rings is 2. The Hall–Kier alpha value is 1.96. The number of anilines is 1. The number of halogens is 6. The van der Waals surface area contributed by atoms with E-state index in [0.717, 1.165) is 71.7 Å². The van der Waals surface area contributed by atoms with E-state index in [9.17, 15) is 9.59 Å². The average molecular weight is 1380 g/mol. The molecule has 2 saturated heterocycles. The van der Waals surface area contributed by atoms with Gasteiger partial charge in [-0.15, -0.1) is 0 Å². The number of carbonyl (C=O) groups excluding carboxylic acids is 2. The van der Waals surface area contributed by atoms with E-state index in [2.05, 4.69) is 208 Å². The molecule has 0 spiro atoms. The maximum absolute atomic E-state index is 10.9. The minimum Gasteiger partial charge on any atom is -0.369 e. The van der Waals surface area contributed by atoms with Crippen LogP contribution in [0.3, 0.4) is 0 Å². The van der Waals surface area contributed by atoms with Crippen LogP contribution >= 0.6 is 136 Å². The number of alkyl halides is 5. The SMILES string of the molecule is CC(I)(I)I.CC(I)I.CC1(C(N)=O)CCNCC1.C[CH-]I.Cc1ccnc(C)c1.Cc1ccnc(N2CCC(C)(NC=O)CC2)c1.[V]. The molecule has 0 aromatic carbocycles. The topological polar surface area (TPSA) is 113 Å². The molecule has 2 aromatic rings. The smallest absolute Gasteiger partial charge is 0.223 e. The van der Waals surface area contributed by atoms with Crippen LogP contribution in [0.2, 0.25) is 0 Å². The van der Waals surface area contributed by atoms with Gasteiger partial charge in [0.15, 0.2) is 0 Å². The Morgan fingerprint density at radius 2 is 1.44 bits per heavy atom. The van der Waals surface area contributed by atoms with Crippen LogP contribution in [0.15, 0.2) is 36.7 Å². The molecule has 0 saturated carbocycles. The summed E-state index contributed by atoms with van der Waals surface area (Å²) in [6, 6.07) is 8.16. The molecule has 2 aliphatic rings. The van der Waals surface area contributed by atoms with E-state index in [1.54, 1.807) is 0 Å². The van der Waals surface area contributed by atoms with E-state index in [1.807, 2.05) is 49.7 Å². The summed E-state index contributed by atoms with van der Waals surface area (Å²) < 4.78 is 3.15. The fourth-order valence-corrected chi connectivity index (χ4v) is 4.12. The Balaban J connectivity index is -0.000000562. The van der Waals surface area contributed by atoms with Crippen LogP contribution in [-0.2, 0) is 28.1 Å². The van der Waals surface area contributed by atoms with Gasteiger partial charge in [-0.3, -0.25) is 19.0 Å². The standard InChI is InChI=1S/C13H19N3O.C7H14N2O.C7H9N.C2H3I3.C2H4I2.C2H4I.V/c1-11-3-6-14-12(9-11)16-7-4-13(2,5-8-16)15-10-17;1-7(6(8)10)2-4-9-5-3-7;1-6-3-4-8-7(2)5-6;1-2(3,4)5;1-2(3)4;1-2-3;/h3,6,9-10H,4-5,7-8H2,1-2H3,(H,15,17);9H,2-5H2,1H3,(H2,8,10);3-5H,1-2H3;1H3;2H,1H3;2H,1H3;/q;;;;;-1;. The van der Waals surface area contributed by atoms with Crippen molar-refractivity contribution in [3.63, 3.8) is 0 Å². The molecule has 2 fully saturated rings. The Morgan fingerprint density at radius 1 is 1.02 bits per heavy atom. The fourth-order valence-electron chi connectivity index (χ4n) is 4.12. The number of primary amides is 1. The van der Waals surface area contributed by atoms with Gasteiger partial charge in [0.25, 0.3) is 0 Å². The van der Waals surface area contributed by atoms with Crippen molar-refractivity contribution in [2.45, 2.75) is 88.0 Å². The second kappa shape index (κ2) is 30.3. The van der Waals surface area contributed by atoms with Gasteiger partial charge in [0, 0.05) is 60.7 Å². The molecule has 48 heavy (non-hydrogen) atoms. The molecule has 0 atom stereocenters. The first-order chi connectivity index (χ1) is 21.7. The van der Waals surface area contributed by atoms with Crippen LogP contribution in [0, 0.1) is 30.6 Å². The summed E-state index contributed by atoms with van der Waals surface area (Å²) in [5.74, 6) is 0.882. The zero-order valence-corrected chi connectivity index (χ0v) is 43.6. The number of rotatable bonds is 4. The average Bonchev–Trinajstić information content (AvgIpc) is 2.94. The number of aryl methyl sites for hydroxylation is 3. The quantitative estimate of drug-likeness (QED) is 0.122. The van der Waals surface area contributed by atoms with E-state index in [0.29, 0.717) is -0.565 Å². The third kappa shape index (κ3) is 31.5. The van der Waals surface area contributed by atoms with Crippen molar-refractivity contribution in [1.29, 1.82) is 0 Å². The van der Waals surface area contributed by atoms with Crippen molar-refractivity contribution in [2.24, 2.45) is 11.1 Å². The fraction of sp³-hybridized carbons (Fsp3) is 0.606. The summed E-state index contributed by atoms with van der Waals surface area (Å²) in [6.45, 7) is 20.2. The number of piperidine rings is 2. The molecule has 8 nitrogen and oxygen atoms in total. The van der Waals surface area contributed by atoms with Gasteiger partial charge in [0.05, 0.1) is 1.93 Å². The van der Waals surface area contributed by atoms with Crippen molar-refractivity contribution < 1.29 is 28.1 Å². The Morgan fingerprint density at radius 3 is 1.75 bits per heavy atom. The second-order valence-electron chi connectivity index (χ2n) is 11.7. The van der Waals surface area contributed by atoms with Gasteiger partial charge >= 0.3 is 0 Å². The van der Waals surface area contributed by atoms with Gasteiger partial charge in [-0.05, 0) is 116 Å². The number of nitrogens with zero attached hydrogens (tertiary/aromatic N) is 3. The van der Waals surface area contributed by atoms with Crippen LogP contribution in [-0.4, -0.2) is 55.4 Å². The van der Waals surface area contributed by atoms with E-state index in [1.165, 1.54) is 11.1 Å². The second-order valence-corrected chi connectivity index (χ2v) is 31.7. The summed E-state index contributed by atoms with van der Waals surface area (Å²) in [7, 11) is 0. The van der Waals surface area contributed by atoms with Crippen molar-refractivity contribution in [2.75, 3.05) is 31.1 Å². The van der Waals surface area contributed by atoms with Gasteiger partial charge in [0.1, 0.15) is 5.25 Å². The molecule has 1 radical (unpaired) electrons. The molecular formula is C33H53I6N6O2V-. The van der Waals surface area contributed by atoms with Crippen LogP contribution in [0.5, 0.6) is 0 Å². The molecule has 15 heteroatoms. The molecule has 275 valence electrons. The number of nitrogens with one attached hydrogen (secondary N) is 2. The summed E-state index contributed by atoms with van der Waals surface area (Å²) in [4.78, 5) is 32.1. The third-order valence-electron chi connectivity index (χ3n) is 6.85. The molecular weight excluding hydrogens is 1320 g/mol. The maximum atomic E-state index is 10.9. The zero-order valence-electron chi connectivity index (χ0n) is 29.3. The summed E-state index contributed by atoms with van der Waals surface area (Å²) >= 11 is 13.9. The van der Waals surface area contributed by atoms with E-state index in [4.69, 9.17) is 5.73 Å². The molecule has 4 heterocycles. The molecule has 2 amide bonds. The normalized spacial score (nSPS) is 15.6. The third-order valence-corrected chi connectivity index (χ3v) is 6.85. The van der Waals surface area contributed by atoms with Crippen LogP contribution in [0.4, 0.5) is 5.82 Å². The van der Waals surface area contributed by atoms with Gasteiger partial charge in [0.2, 0.25) is 12.3 Å². The Bertz CT molecular complexity index is 1100. The first-order valence-corrected chi connectivity index (χ1v) is 22.2. The Labute approximate surface area is 384 Å². The molecule has 4 rings (SSSR count). The molecule has 0 unspecified atom stereocenters. The minimum absolute atomic E-state index is 0. The van der Waals surface area contributed by atoms with Gasteiger partial charge in [-0.25, -0.2) is 4.98 Å². The van der Waals surface area contributed by atoms with Crippen LogP contribution in [0.1, 0.15) is 77.1 Å². The van der Waals surface area contributed by atoms with Crippen LogP contribution in [0.25, 0.3) is 0 Å². The van der Waals surface area contributed by atoms with Gasteiger partial charge in [-0.2, -0.15) is 6.92 Å². The van der Waals surface area contributed by atoms with Crippen molar-refractivity contribution in [1.82, 2.24) is 20.6 Å². The first-order valence-electron chi connectivity index (χ1n) is 15.2. The number of hydrogen-bond donors (Lipinski definition) is 3. The van der Waals surface area contributed by atoms with Crippen molar-refractivity contribution in [3.05, 3.63) is 57.9 Å². The monoisotopic (exact) mass is 1380 g/mol. The molecule has 0 bridgehead atoms. The Kier molecular flexibility index (Phi) is 34.3. The molecule has 2 aromatic heterocycles. The zero-order chi connectivity index (χ0) is 36.7. The summed E-state index contributed by atoms with van der Waals surface area (Å²) in [5.41, 5.74) is 8.53. The molecule has 0 aliphatic carbocycles. The number of nitrogens with two attached hydrogens (primary N) is 1. The predicted octanol–water partition coefficient (Wildman–Crippen LogP) is 9.82. The largest absolute Gasteiger partial charge is 0.369 e. The first kappa shape index (κ1) is 54.3. The van der Waals surface area contributed by atoms with Crippen molar-refractivity contribution in [3.8, 4) is 0 Å². The van der Waals surface area contributed by atoms with Gasteiger partial charge in [-0.1, -0.05) is 120 Å². The summed E-state index contributed by atoms with van der Waals surface area (Å²) in [6.07, 6.45) is 8.15. The number of carbonyl (C=O) groups is 2. The molecule has 4 N–H and O–H groups in total. The van der Waals surface area contributed by atoms with Crippen molar-refractivity contribution >= 4 is 154 Å². The molecule has 2 aliphatic heterocycles. The number of hydrogen-bond acceptors (Lipinski definition) is 6. The minimum atomic E-state index is -0.245. The number of amides is 2. The van der Waals surface area contributed by atoms with Gasteiger partial charge < -0.3 is 43.9 Å². The van der Waals surface area contributed by atoms with E-state index >= 15 is 0 Å². The summed E-state index contributed by atoms with van der Waals surface area (Å²) in [5, 5.41) is 6.10.